The molecule has 3 rings (SSSR count). The summed E-state index contributed by atoms with van der Waals surface area (Å²) in [5.74, 6) is 2.27. The molecule has 2 heterocycles. The van der Waals surface area contributed by atoms with Gasteiger partial charge in [-0.15, -0.1) is 0 Å². The largest absolute Gasteiger partial charge is 0.443 e. The van der Waals surface area contributed by atoms with Crippen molar-refractivity contribution in [2.75, 3.05) is 39.4 Å². The van der Waals surface area contributed by atoms with Gasteiger partial charge in [-0.3, -0.25) is 4.90 Å². The lowest BCUT2D eigenvalue weighted by Crippen LogP contribution is -2.46. The maximum Gasteiger partial charge on any atom is 0.216 e. The summed E-state index contributed by atoms with van der Waals surface area (Å²) in [5, 5.41) is 6.84. The summed E-state index contributed by atoms with van der Waals surface area (Å²) in [6.07, 6.45) is 1.80. The zero-order chi connectivity index (χ0) is 21.4. The van der Waals surface area contributed by atoms with Gasteiger partial charge in [0, 0.05) is 31.6 Å². The Kier molecular flexibility index (Phi) is 7.87. The van der Waals surface area contributed by atoms with Crippen molar-refractivity contribution in [2.45, 2.75) is 45.7 Å². The molecule has 7 nitrogen and oxygen atoms in total. The molecule has 1 aliphatic heterocycles. The smallest absolute Gasteiger partial charge is 0.216 e. The summed E-state index contributed by atoms with van der Waals surface area (Å²) >= 11 is 0. The first-order chi connectivity index (χ1) is 14.5. The number of aromatic nitrogens is 1. The Bertz CT molecular complexity index is 791. The van der Waals surface area contributed by atoms with Crippen molar-refractivity contribution >= 4 is 5.96 Å². The fraction of sp³-hybridized carbons (Fsp3) is 0.565. The van der Waals surface area contributed by atoms with E-state index in [-0.39, 0.29) is 11.5 Å². The highest BCUT2D eigenvalue weighted by Gasteiger charge is 2.23. The highest BCUT2D eigenvalue weighted by Crippen LogP contribution is 2.23. The zero-order valence-electron chi connectivity index (χ0n) is 18.6. The van der Waals surface area contributed by atoms with Crippen LogP contribution in [0.3, 0.4) is 0 Å². The van der Waals surface area contributed by atoms with E-state index in [1.54, 1.807) is 6.20 Å². The third kappa shape index (κ3) is 6.31. The predicted molar refractivity (Wildman–Crippen MR) is 120 cm³/mol. The Morgan fingerprint density at radius 2 is 1.90 bits per heavy atom. The van der Waals surface area contributed by atoms with Crippen LogP contribution < -0.4 is 10.6 Å². The zero-order valence-corrected chi connectivity index (χ0v) is 18.6. The van der Waals surface area contributed by atoms with Crippen molar-refractivity contribution in [3.63, 3.8) is 0 Å². The van der Waals surface area contributed by atoms with Crippen LogP contribution in [0, 0.1) is 0 Å². The minimum atomic E-state index is -0.0568. The van der Waals surface area contributed by atoms with E-state index < -0.39 is 0 Å². The number of hydrogen-bond donors (Lipinski definition) is 2. The lowest BCUT2D eigenvalue weighted by molar-refractivity contribution is 0.0170. The minimum absolute atomic E-state index is 0.0568. The third-order valence-electron chi connectivity index (χ3n) is 5.14. The van der Waals surface area contributed by atoms with Gasteiger partial charge in [-0.25, -0.2) is 9.98 Å². The molecular formula is C23H35N5O2. The molecule has 0 bridgehead atoms. The van der Waals surface area contributed by atoms with E-state index in [1.165, 1.54) is 5.56 Å². The number of aliphatic imine (C=N–C) groups is 1. The van der Waals surface area contributed by atoms with Crippen molar-refractivity contribution in [1.29, 1.82) is 0 Å². The second-order valence-electron chi connectivity index (χ2n) is 8.52. The number of benzene rings is 1. The fourth-order valence-corrected chi connectivity index (χ4v) is 3.43. The van der Waals surface area contributed by atoms with E-state index in [2.05, 4.69) is 83.5 Å². The van der Waals surface area contributed by atoms with Gasteiger partial charge in [0.25, 0.3) is 0 Å². The van der Waals surface area contributed by atoms with Gasteiger partial charge in [-0.1, -0.05) is 51.1 Å². The molecule has 164 valence electrons. The molecule has 1 aromatic heterocycles. The first-order valence-electron chi connectivity index (χ1n) is 10.8. The van der Waals surface area contributed by atoms with Gasteiger partial charge in [0.2, 0.25) is 5.89 Å². The number of nitrogens with zero attached hydrogens (tertiary/aromatic N) is 3. The molecule has 2 N–H and O–H groups in total. The summed E-state index contributed by atoms with van der Waals surface area (Å²) in [7, 11) is 0. The van der Waals surface area contributed by atoms with Gasteiger partial charge in [-0.2, -0.15) is 0 Å². The number of hydrogen-bond acceptors (Lipinski definition) is 5. The lowest BCUT2D eigenvalue weighted by atomic mass is 9.94. The summed E-state index contributed by atoms with van der Waals surface area (Å²) in [5.41, 5.74) is 1.24. The van der Waals surface area contributed by atoms with Crippen molar-refractivity contribution < 1.29 is 9.15 Å². The average molecular weight is 414 g/mol. The molecule has 0 amide bonds. The highest BCUT2D eigenvalue weighted by atomic mass is 16.5. The number of guanidine groups is 1. The van der Waals surface area contributed by atoms with Crippen LogP contribution in [0.15, 0.2) is 45.9 Å². The van der Waals surface area contributed by atoms with E-state index in [9.17, 15) is 0 Å². The van der Waals surface area contributed by atoms with Crippen LogP contribution in [0.1, 0.15) is 51.0 Å². The Morgan fingerprint density at radius 1 is 1.17 bits per heavy atom. The number of ether oxygens (including phenoxy) is 1. The van der Waals surface area contributed by atoms with E-state index in [0.29, 0.717) is 12.4 Å². The molecule has 0 aliphatic carbocycles. The summed E-state index contributed by atoms with van der Waals surface area (Å²) in [4.78, 5) is 11.5. The molecule has 1 fully saturated rings. The van der Waals surface area contributed by atoms with Crippen LogP contribution in [0.4, 0.5) is 0 Å². The molecule has 0 saturated carbocycles. The van der Waals surface area contributed by atoms with Crippen molar-refractivity contribution in [2.24, 2.45) is 4.99 Å². The number of morpholine rings is 1. The van der Waals surface area contributed by atoms with E-state index in [4.69, 9.17) is 9.15 Å². The Hall–Kier alpha value is -2.38. The molecule has 0 spiro atoms. The SMILES string of the molecule is CCNC(=NCc1ncc(C(C)(C)C)o1)NCC(c1ccccc1)N1CCOCC1. The lowest BCUT2D eigenvalue weighted by Gasteiger charge is -2.35. The normalized spacial score (nSPS) is 17.0. The fourth-order valence-electron chi connectivity index (χ4n) is 3.43. The first-order valence-corrected chi connectivity index (χ1v) is 10.8. The van der Waals surface area contributed by atoms with Crippen molar-refractivity contribution in [3.05, 3.63) is 53.7 Å². The Morgan fingerprint density at radius 3 is 2.53 bits per heavy atom. The van der Waals surface area contributed by atoms with Gasteiger partial charge in [0.15, 0.2) is 5.96 Å². The predicted octanol–water partition coefficient (Wildman–Crippen LogP) is 3.10. The van der Waals surface area contributed by atoms with Crippen LogP contribution in [0.25, 0.3) is 0 Å². The highest BCUT2D eigenvalue weighted by molar-refractivity contribution is 5.79. The molecule has 1 aliphatic rings. The average Bonchev–Trinajstić information content (AvgIpc) is 3.23. The van der Waals surface area contributed by atoms with Gasteiger partial charge in [0.05, 0.1) is 25.5 Å². The molecule has 0 radical (unpaired) electrons. The molecule has 1 aromatic carbocycles. The number of oxazole rings is 1. The molecule has 7 heteroatoms. The van der Waals surface area contributed by atoms with E-state index in [0.717, 1.165) is 51.1 Å². The first kappa shape index (κ1) is 22.3. The van der Waals surface area contributed by atoms with Crippen LogP contribution in [-0.2, 0) is 16.7 Å². The summed E-state index contributed by atoms with van der Waals surface area (Å²) in [6.45, 7) is 13.8. The maximum absolute atomic E-state index is 5.87. The van der Waals surface area contributed by atoms with Crippen LogP contribution in [-0.4, -0.2) is 55.2 Å². The number of rotatable bonds is 7. The molecule has 2 aromatic rings. The van der Waals surface area contributed by atoms with Crippen LogP contribution in [0.2, 0.25) is 0 Å². The topological polar surface area (TPSA) is 74.9 Å². The van der Waals surface area contributed by atoms with E-state index in [1.807, 2.05) is 0 Å². The van der Waals surface area contributed by atoms with Crippen molar-refractivity contribution in [1.82, 2.24) is 20.5 Å². The maximum atomic E-state index is 5.87. The van der Waals surface area contributed by atoms with Gasteiger partial charge in [-0.05, 0) is 12.5 Å². The standard InChI is InChI=1S/C23H35N5O2/c1-5-24-22(27-17-21-25-16-20(30-21)23(2,3)4)26-15-19(18-9-7-6-8-10-18)28-11-13-29-14-12-28/h6-10,16,19H,5,11-15,17H2,1-4H3,(H2,24,26,27). The number of nitrogens with one attached hydrogen (secondary N) is 2. The monoisotopic (exact) mass is 413 g/mol. The Labute approximate surface area is 179 Å². The summed E-state index contributed by atoms with van der Waals surface area (Å²) < 4.78 is 11.4. The second kappa shape index (κ2) is 10.6. The minimum Gasteiger partial charge on any atom is -0.443 e. The quantitative estimate of drug-likeness (QED) is 0.537. The Balaban J connectivity index is 1.67. The molecule has 1 unspecified atom stereocenters. The van der Waals surface area contributed by atoms with Crippen LogP contribution >= 0.6 is 0 Å². The molecular weight excluding hydrogens is 378 g/mol. The molecule has 1 atom stereocenters. The van der Waals surface area contributed by atoms with Crippen LogP contribution in [0.5, 0.6) is 0 Å². The molecule has 30 heavy (non-hydrogen) atoms. The van der Waals surface area contributed by atoms with Crippen molar-refractivity contribution in [3.8, 4) is 0 Å². The van der Waals surface area contributed by atoms with Gasteiger partial charge < -0.3 is 19.8 Å². The summed E-state index contributed by atoms with van der Waals surface area (Å²) in [6, 6.07) is 10.9. The molecule has 1 saturated heterocycles. The van der Waals surface area contributed by atoms with E-state index >= 15 is 0 Å². The second-order valence-corrected chi connectivity index (χ2v) is 8.52. The van der Waals surface area contributed by atoms with Gasteiger partial charge >= 0.3 is 0 Å². The van der Waals surface area contributed by atoms with Gasteiger partial charge in [0.1, 0.15) is 12.3 Å². The third-order valence-corrected chi connectivity index (χ3v) is 5.14.